The molecule has 1 rings (SSSR count). The number of benzene rings is 1. The Morgan fingerprint density at radius 3 is 2.67 bits per heavy atom. The molecule has 0 aliphatic rings. The lowest BCUT2D eigenvalue weighted by Crippen LogP contribution is -2.13. The average Bonchev–Trinajstić information content (AvgIpc) is 2.05. The summed E-state index contributed by atoms with van der Waals surface area (Å²) < 4.78 is 0. The normalized spacial score (nSPS) is 9.83. The molecule has 0 bridgehead atoms. The Hall–Kier alpha value is -1.35. The van der Waals surface area contributed by atoms with Crippen LogP contribution >= 0.6 is 0 Å². The van der Waals surface area contributed by atoms with Gasteiger partial charge in [0, 0.05) is 12.1 Å². The highest BCUT2D eigenvalue weighted by Crippen LogP contribution is 2.09. The Morgan fingerprint density at radius 1 is 1.50 bits per heavy atom. The summed E-state index contributed by atoms with van der Waals surface area (Å²) in [5.74, 6) is -0.400. The first-order valence-corrected chi connectivity index (χ1v) is 3.74. The lowest BCUT2D eigenvalue weighted by Gasteiger charge is -2.03. The molecule has 3 nitrogen and oxygen atoms in total. The molecule has 3 heteroatoms. The number of aryl methyl sites for hydroxylation is 1. The van der Waals surface area contributed by atoms with E-state index < -0.39 is 5.91 Å². The molecule has 0 aliphatic heterocycles. The van der Waals surface area contributed by atoms with Gasteiger partial charge in [0.05, 0.1) is 0 Å². The molecular weight excluding hydrogens is 152 g/mol. The maximum Gasteiger partial charge on any atom is 0.248 e. The van der Waals surface area contributed by atoms with Crippen LogP contribution < -0.4 is 11.5 Å². The van der Waals surface area contributed by atoms with E-state index in [4.69, 9.17) is 11.5 Å². The van der Waals surface area contributed by atoms with E-state index in [-0.39, 0.29) is 0 Å². The topological polar surface area (TPSA) is 69.1 Å². The number of hydrogen-bond acceptors (Lipinski definition) is 2. The molecule has 0 spiro atoms. The quantitative estimate of drug-likeness (QED) is 0.670. The van der Waals surface area contributed by atoms with Crippen LogP contribution in [0.3, 0.4) is 0 Å². The first-order valence-electron chi connectivity index (χ1n) is 3.74. The highest BCUT2D eigenvalue weighted by atomic mass is 16.1. The van der Waals surface area contributed by atoms with Crippen LogP contribution in [-0.4, -0.2) is 5.91 Å². The molecule has 0 saturated heterocycles. The summed E-state index contributed by atoms with van der Waals surface area (Å²) in [4.78, 5) is 10.9. The Bertz CT molecular complexity index is 307. The lowest BCUT2D eigenvalue weighted by molar-refractivity contribution is 0.0999. The SMILES string of the molecule is Cc1ccc(CN)cc1C(N)=O. The molecule has 0 atom stereocenters. The van der Waals surface area contributed by atoms with Gasteiger partial charge in [-0.3, -0.25) is 4.79 Å². The molecule has 1 amide bonds. The monoisotopic (exact) mass is 164 g/mol. The zero-order valence-electron chi connectivity index (χ0n) is 7.00. The van der Waals surface area contributed by atoms with Gasteiger partial charge in [-0.15, -0.1) is 0 Å². The third kappa shape index (κ3) is 1.62. The summed E-state index contributed by atoms with van der Waals surface area (Å²) in [6.45, 7) is 2.28. The second-order valence-electron chi connectivity index (χ2n) is 2.72. The van der Waals surface area contributed by atoms with Crippen LogP contribution in [0.1, 0.15) is 21.5 Å². The number of nitrogens with two attached hydrogens (primary N) is 2. The van der Waals surface area contributed by atoms with Gasteiger partial charge < -0.3 is 11.5 Å². The second kappa shape index (κ2) is 3.36. The molecule has 0 radical (unpaired) electrons. The van der Waals surface area contributed by atoms with Gasteiger partial charge in [-0.1, -0.05) is 12.1 Å². The summed E-state index contributed by atoms with van der Waals surface area (Å²) in [6.07, 6.45) is 0. The number of primary amides is 1. The zero-order chi connectivity index (χ0) is 9.14. The van der Waals surface area contributed by atoms with Gasteiger partial charge >= 0.3 is 0 Å². The van der Waals surface area contributed by atoms with Crippen molar-refractivity contribution in [2.24, 2.45) is 11.5 Å². The molecule has 1 aromatic carbocycles. The Kier molecular flexibility index (Phi) is 2.45. The van der Waals surface area contributed by atoms with Gasteiger partial charge in [0.15, 0.2) is 0 Å². The van der Waals surface area contributed by atoms with Crippen molar-refractivity contribution in [3.05, 3.63) is 34.9 Å². The second-order valence-corrected chi connectivity index (χ2v) is 2.72. The lowest BCUT2D eigenvalue weighted by atomic mass is 10.0. The van der Waals surface area contributed by atoms with Gasteiger partial charge in [0.25, 0.3) is 0 Å². The van der Waals surface area contributed by atoms with Crippen molar-refractivity contribution in [1.82, 2.24) is 0 Å². The van der Waals surface area contributed by atoms with E-state index in [0.29, 0.717) is 12.1 Å². The summed E-state index contributed by atoms with van der Waals surface area (Å²) in [5.41, 5.74) is 12.9. The average molecular weight is 164 g/mol. The zero-order valence-corrected chi connectivity index (χ0v) is 7.00. The Morgan fingerprint density at radius 2 is 2.17 bits per heavy atom. The van der Waals surface area contributed by atoms with Gasteiger partial charge in [0.1, 0.15) is 0 Å². The van der Waals surface area contributed by atoms with Crippen LogP contribution in [0.15, 0.2) is 18.2 Å². The highest BCUT2D eigenvalue weighted by Gasteiger charge is 2.04. The largest absolute Gasteiger partial charge is 0.366 e. The summed E-state index contributed by atoms with van der Waals surface area (Å²) in [6, 6.07) is 5.47. The molecule has 0 aliphatic carbocycles. The van der Waals surface area contributed by atoms with Crippen LogP contribution in [0.2, 0.25) is 0 Å². The van der Waals surface area contributed by atoms with Crippen molar-refractivity contribution in [2.45, 2.75) is 13.5 Å². The minimum absolute atomic E-state index is 0.400. The molecule has 12 heavy (non-hydrogen) atoms. The highest BCUT2D eigenvalue weighted by molar-refractivity contribution is 5.94. The van der Waals surface area contributed by atoms with Crippen molar-refractivity contribution >= 4 is 5.91 Å². The first kappa shape index (κ1) is 8.74. The van der Waals surface area contributed by atoms with Crippen molar-refractivity contribution in [1.29, 1.82) is 0 Å². The van der Waals surface area contributed by atoms with Gasteiger partial charge in [-0.05, 0) is 24.1 Å². The maximum absolute atomic E-state index is 10.9. The fourth-order valence-electron chi connectivity index (χ4n) is 1.06. The fraction of sp³-hybridized carbons (Fsp3) is 0.222. The Balaban J connectivity index is 3.17. The molecule has 4 N–H and O–H groups in total. The number of amides is 1. The molecule has 0 fully saturated rings. The molecule has 0 heterocycles. The maximum atomic E-state index is 10.9. The molecule has 0 aromatic heterocycles. The summed E-state index contributed by atoms with van der Waals surface area (Å²) in [7, 11) is 0. The van der Waals surface area contributed by atoms with Crippen molar-refractivity contribution < 1.29 is 4.79 Å². The molecular formula is C9H12N2O. The molecule has 1 aromatic rings. The molecule has 0 unspecified atom stereocenters. The van der Waals surface area contributed by atoms with Gasteiger partial charge in [-0.25, -0.2) is 0 Å². The number of hydrogen-bond donors (Lipinski definition) is 2. The van der Waals surface area contributed by atoms with Crippen LogP contribution in [0.25, 0.3) is 0 Å². The van der Waals surface area contributed by atoms with E-state index in [0.717, 1.165) is 11.1 Å². The third-order valence-electron chi connectivity index (χ3n) is 1.80. The first-order chi connectivity index (χ1) is 5.65. The number of carbonyl (C=O) groups is 1. The van der Waals surface area contributed by atoms with Crippen LogP contribution in [0.4, 0.5) is 0 Å². The van der Waals surface area contributed by atoms with E-state index in [1.54, 1.807) is 6.07 Å². The standard InChI is InChI=1S/C9H12N2O/c1-6-2-3-7(5-10)4-8(6)9(11)12/h2-4H,5,10H2,1H3,(H2,11,12). The van der Waals surface area contributed by atoms with E-state index in [1.165, 1.54) is 0 Å². The van der Waals surface area contributed by atoms with E-state index in [9.17, 15) is 4.79 Å². The van der Waals surface area contributed by atoms with Crippen molar-refractivity contribution in [3.8, 4) is 0 Å². The molecule has 0 saturated carbocycles. The van der Waals surface area contributed by atoms with Crippen molar-refractivity contribution in [3.63, 3.8) is 0 Å². The van der Waals surface area contributed by atoms with E-state index in [2.05, 4.69) is 0 Å². The number of rotatable bonds is 2. The smallest absolute Gasteiger partial charge is 0.248 e. The summed E-state index contributed by atoms with van der Waals surface area (Å²) >= 11 is 0. The predicted molar refractivity (Wildman–Crippen MR) is 47.6 cm³/mol. The van der Waals surface area contributed by atoms with Gasteiger partial charge in [-0.2, -0.15) is 0 Å². The van der Waals surface area contributed by atoms with E-state index in [1.807, 2.05) is 19.1 Å². The van der Waals surface area contributed by atoms with Crippen LogP contribution in [0.5, 0.6) is 0 Å². The minimum atomic E-state index is -0.400. The van der Waals surface area contributed by atoms with Crippen LogP contribution in [0, 0.1) is 6.92 Å². The predicted octanol–water partition coefficient (Wildman–Crippen LogP) is 0.553. The third-order valence-corrected chi connectivity index (χ3v) is 1.80. The minimum Gasteiger partial charge on any atom is -0.366 e. The van der Waals surface area contributed by atoms with E-state index >= 15 is 0 Å². The van der Waals surface area contributed by atoms with Crippen LogP contribution in [-0.2, 0) is 6.54 Å². The number of carbonyl (C=O) groups excluding carboxylic acids is 1. The Labute approximate surface area is 71.4 Å². The summed E-state index contributed by atoms with van der Waals surface area (Å²) in [5, 5.41) is 0. The fourth-order valence-corrected chi connectivity index (χ4v) is 1.06. The van der Waals surface area contributed by atoms with Crippen molar-refractivity contribution in [2.75, 3.05) is 0 Å². The van der Waals surface area contributed by atoms with Gasteiger partial charge in [0.2, 0.25) is 5.91 Å². The molecule has 64 valence electrons.